The molecule has 0 aliphatic carbocycles. The van der Waals surface area contributed by atoms with Gasteiger partial charge in [-0.05, 0) is 30.7 Å². The number of aryl methyl sites for hydroxylation is 1. The summed E-state index contributed by atoms with van der Waals surface area (Å²) in [5.41, 5.74) is 4.31. The van der Waals surface area contributed by atoms with Gasteiger partial charge in [-0.3, -0.25) is 0 Å². The molecule has 0 fully saturated rings. The van der Waals surface area contributed by atoms with E-state index >= 15 is 0 Å². The number of hydrogen-bond acceptors (Lipinski definition) is 2. The Morgan fingerprint density at radius 2 is 1.95 bits per heavy atom. The summed E-state index contributed by atoms with van der Waals surface area (Å²) in [5, 5.41) is 9.06. The van der Waals surface area contributed by atoms with Crippen LogP contribution in [0.3, 0.4) is 0 Å². The van der Waals surface area contributed by atoms with Crippen LogP contribution in [0.1, 0.15) is 21.5 Å². The largest absolute Gasteiger partial charge is 0.478 e. The lowest BCUT2D eigenvalue weighted by atomic mass is 10.1. The van der Waals surface area contributed by atoms with Crippen molar-refractivity contribution in [3.8, 4) is 0 Å². The van der Waals surface area contributed by atoms with Gasteiger partial charge in [0, 0.05) is 6.54 Å². The van der Waals surface area contributed by atoms with E-state index in [1.165, 1.54) is 5.56 Å². The van der Waals surface area contributed by atoms with Crippen molar-refractivity contribution in [1.82, 2.24) is 9.55 Å². The molecule has 4 heteroatoms. The number of rotatable bonds is 3. The highest BCUT2D eigenvalue weighted by Crippen LogP contribution is 2.17. The zero-order chi connectivity index (χ0) is 14.1. The fourth-order valence-electron chi connectivity index (χ4n) is 2.21. The van der Waals surface area contributed by atoms with Crippen molar-refractivity contribution >= 4 is 17.0 Å². The van der Waals surface area contributed by atoms with Gasteiger partial charge in [0.1, 0.15) is 0 Å². The first-order valence-electron chi connectivity index (χ1n) is 6.37. The Balaban J connectivity index is 2.00. The standard InChI is InChI=1S/C16H14N2O2/c1-11-2-4-12(5-3-11)9-18-10-17-14-7-6-13(16(19)20)8-15(14)18/h2-8,10H,9H2,1H3,(H,19,20). The van der Waals surface area contributed by atoms with Crippen molar-refractivity contribution in [3.05, 3.63) is 65.5 Å². The maximum Gasteiger partial charge on any atom is 0.335 e. The Labute approximate surface area is 116 Å². The highest BCUT2D eigenvalue weighted by Gasteiger charge is 2.08. The third-order valence-corrected chi connectivity index (χ3v) is 3.34. The quantitative estimate of drug-likeness (QED) is 0.792. The maximum atomic E-state index is 11.0. The Morgan fingerprint density at radius 3 is 2.65 bits per heavy atom. The number of benzene rings is 2. The lowest BCUT2D eigenvalue weighted by Gasteiger charge is -2.05. The van der Waals surface area contributed by atoms with Crippen LogP contribution in [-0.4, -0.2) is 20.6 Å². The number of imidazole rings is 1. The fraction of sp³-hybridized carbons (Fsp3) is 0.125. The van der Waals surface area contributed by atoms with Crippen molar-refractivity contribution in [2.24, 2.45) is 0 Å². The molecule has 1 aromatic heterocycles. The van der Waals surface area contributed by atoms with E-state index < -0.39 is 5.97 Å². The molecule has 0 saturated carbocycles. The van der Waals surface area contributed by atoms with E-state index in [1.807, 2.05) is 4.57 Å². The molecule has 0 saturated heterocycles. The number of hydrogen-bond donors (Lipinski definition) is 1. The van der Waals surface area contributed by atoms with Gasteiger partial charge in [-0.2, -0.15) is 0 Å². The number of aromatic nitrogens is 2. The summed E-state index contributed by atoms with van der Waals surface area (Å²) in [5.74, 6) is -0.921. The van der Waals surface area contributed by atoms with Crippen molar-refractivity contribution in [1.29, 1.82) is 0 Å². The monoisotopic (exact) mass is 266 g/mol. The molecule has 0 aliphatic heterocycles. The summed E-state index contributed by atoms with van der Waals surface area (Å²) in [4.78, 5) is 15.3. The van der Waals surface area contributed by atoms with Crippen LogP contribution in [-0.2, 0) is 6.54 Å². The number of carboxylic acid groups (broad SMARTS) is 1. The molecule has 0 unspecified atom stereocenters. The summed E-state index contributed by atoms with van der Waals surface area (Å²) < 4.78 is 1.96. The molecule has 3 aromatic rings. The summed E-state index contributed by atoms with van der Waals surface area (Å²) >= 11 is 0. The summed E-state index contributed by atoms with van der Waals surface area (Å²) in [6, 6.07) is 13.3. The van der Waals surface area contributed by atoms with Gasteiger partial charge >= 0.3 is 5.97 Å². The van der Waals surface area contributed by atoms with Crippen LogP contribution in [0.25, 0.3) is 11.0 Å². The van der Waals surface area contributed by atoms with E-state index in [0.717, 1.165) is 16.6 Å². The molecule has 1 N–H and O–H groups in total. The van der Waals surface area contributed by atoms with Gasteiger partial charge in [0.25, 0.3) is 0 Å². The highest BCUT2D eigenvalue weighted by atomic mass is 16.4. The average Bonchev–Trinajstić information content (AvgIpc) is 2.84. The molecule has 0 atom stereocenters. The smallest absolute Gasteiger partial charge is 0.335 e. The van der Waals surface area contributed by atoms with E-state index in [1.54, 1.807) is 24.5 Å². The van der Waals surface area contributed by atoms with Crippen molar-refractivity contribution in [3.63, 3.8) is 0 Å². The van der Waals surface area contributed by atoms with Crippen LogP contribution >= 0.6 is 0 Å². The van der Waals surface area contributed by atoms with Crippen LogP contribution < -0.4 is 0 Å². The Morgan fingerprint density at radius 1 is 1.20 bits per heavy atom. The molecule has 0 radical (unpaired) electrons. The molecular formula is C16H14N2O2. The number of nitrogens with zero attached hydrogens (tertiary/aromatic N) is 2. The number of carboxylic acids is 1. The second-order valence-electron chi connectivity index (χ2n) is 4.87. The molecular weight excluding hydrogens is 252 g/mol. The second-order valence-corrected chi connectivity index (χ2v) is 4.87. The Bertz CT molecular complexity index is 773. The molecule has 2 aromatic carbocycles. The Kier molecular flexibility index (Phi) is 2.99. The second kappa shape index (κ2) is 4.81. The molecule has 3 rings (SSSR count). The normalized spacial score (nSPS) is 10.8. The van der Waals surface area contributed by atoms with Crippen molar-refractivity contribution in [2.75, 3.05) is 0 Å². The van der Waals surface area contributed by atoms with Gasteiger partial charge in [-0.25, -0.2) is 9.78 Å². The van der Waals surface area contributed by atoms with Crippen LogP contribution in [0.4, 0.5) is 0 Å². The molecule has 0 bridgehead atoms. The first-order chi connectivity index (χ1) is 9.63. The number of carbonyl (C=O) groups is 1. The third kappa shape index (κ3) is 2.28. The lowest BCUT2D eigenvalue weighted by molar-refractivity contribution is 0.0697. The molecule has 4 nitrogen and oxygen atoms in total. The van der Waals surface area contributed by atoms with Gasteiger partial charge in [0.05, 0.1) is 22.9 Å². The van der Waals surface area contributed by atoms with Crippen LogP contribution in [0.15, 0.2) is 48.8 Å². The average molecular weight is 266 g/mol. The van der Waals surface area contributed by atoms with Gasteiger partial charge < -0.3 is 9.67 Å². The Hall–Kier alpha value is -2.62. The molecule has 20 heavy (non-hydrogen) atoms. The summed E-state index contributed by atoms with van der Waals surface area (Å²) in [6.07, 6.45) is 1.75. The summed E-state index contributed by atoms with van der Waals surface area (Å²) in [7, 11) is 0. The zero-order valence-corrected chi connectivity index (χ0v) is 11.1. The molecule has 1 heterocycles. The summed E-state index contributed by atoms with van der Waals surface area (Å²) in [6.45, 7) is 2.73. The topological polar surface area (TPSA) is 55.1 Å². The van der Waals surface area contributed by atoms with E-state index in [9.17, 15) is 4.79 Å². The predicted molar refractivity (Wildman–Crippen MR) is 77.0 cm³/mol. The van der Waals surface area contributed by atoms with Gasteiger partial charge in [0.15, 0.2) is 0 Å². The minimum absolute atomic E-state index is 0.281. The first kappa shape index (κ1) is 12.4. The van der Waals surface area contributed by atoms with E-state index in [2.05, 4.69) is 36.2 Å². The molecule has 0 amide bonds. The molecule has 100 valence electrons. The van der Waals surface area contributed by atoms with Gasteiger partial charge in [0.2, 0.25) is 0 Å². The minimum atomic E-state index is -0.921. The van der Waals surface area contributed by atoms with Gasteiger partial charge in [-0.1, -0.05) is 29.8 Å². The minimum Gasteiger partial charge on any atom is -0.478 e. The predicted octanol–water partition coefficient (Wildman–Crippen LogP) is 3.09. The van der Waals surface area contributed by atoms with E-state index in [0.29, 0.717) is 6.54 Å². The van der Waals surface area contributed by atoms with E-state index in [4.69, 9.17) is 5.11 Å². The van der Waals surface area contributed by atoms with Crippen LogP contribution in [0.5, 0.6) is 0 Å². The maximum absolute atomic E-state index is 11.0. The lowest BCUT2D eigenvalue weighted by Crippen LogP contribution is -2.00. The number of aromatic carboxylic acids is 1. The van der Waals surface area contributed by atoms with Crippen molar-refractivity contribution in [2.45, 2.75) is 13.5 Å². The molecule has 0 aliphatic rings. The SMILES string of the molecule is Cc1ccc(Cn2cnc3ccc(C(=O)O)cc32)cc1. The highest BCUT2D eigenvalue weighted by molar-refractivity contribution is 5.92. The number of fused-ring (bicyclic) bond motifs is 1. The van der Waals surface area contributed by atoms with E-state index in [-0.39, 0.29) is 5.56 Å². The van der Waals surface area contributed by atoms with Gasteiger partial charge in [-0.15, -0.1) is 0 Å². The fourth-order valence-corrected chi connectivity index (χ4v) is 2.21. The zero-order valence-electron chi connectivity index (χ0n) is 11.1. The van der Waals surface area contributed by atoms with Crippen LogP contribution in [0, 0.1) is 6.92 Å². The first-order valence-corrected chi connectivity index (χ1v) is 6.37. The van der Waals surface area contributed by atoms with Crippen molar-refractivity contribution < 1.29 is 9.90 Å². The van der Waals surface area contributed by atoms with Crippen LogP contribution in [0.2, 0.25) is 0 Å². The molecule has 0 spiro atoms. The third-order valence-electron chi connectivity index (χ3n) is 3.34.